The minimum absolute atomic E-state index is 0.0506. The van der Waals surface area contributed by atoms with Gasteiger partial charge in [-0.2, -0.15) is 0 Å². The van der Waals surface area contributed by atoms with Crippen LogP contribution in [0, 0.1) is 0 Å². The lowest BCUT2D eigenvalue weighted by molar-refractivity contribution is -0.0456. The first-order valence-electron chi connectivity index (χ1n) is 6.17. The Bertz CT molecular complexity index is 394. The number of nitrogens with zero attached hydrogens (tertiary/aromatic N) is 2. The van der Waals surface area contributed by atoms with E-state index in [2.05, 4.69) is 18.7 Å². The van der Waals surface area contributed by atoms with E-state index in [1.54, 1.807) is 12.1 Å². The van der Waals surface area contributed by atoms with Crippen molar-refractivity contribution < 1.29 is 4.74 Å². The quantitative estimate of drug-likeness (QED) is 0.784. The summed E-state index contributed by atoms with van der Waals surface area (Å²) in [6, 6.07) is 3.74. The smallest absolute Gasteiger partial charge is 0.181 e. The van der Waals surface area contributed by atoms with Gasteiger partial charge in [-0.05, 0) is 13.8 Å². The highest BCUT2D eigenvalue weighted by molar-refractivity contribution is 4.94. The molecule has 1 saturated heterocycles. The van der Waals surface area contributed by atoms with Gasteiger partial charge >= 0.3 is 0 Å². The van der Waals surface area contributed by atoms with E-state index in [0.717, 1.165) is 26.2 Å². The summed E-state index contributed by atoms with van der Waals surface area (Å²) in [7, 11) is 0. The average molecular weight is 236 g/mol. The first-order chi connectivity index (χ1) is 8.15. The van der Waals surface area contributed by atoms with Crippen molar-refractivity contribution in [2.75, 3.05) is 19.7 Å². The van der Waals surface area contributed by atoms with E-state index in [1.807, 2.05) is 17.0 Å². The maximum absolute atomic E-state index is 11.0. The summed E-state index contributed by atoms with van der Waals surface area (Å²) in [5, 5.41) is 0. The van der Waals surface area contributed by atoms with Crippen LogP contribution < -0.4 is 5.43 Å². The monoisotopic (exact) mass is 236 g/mol. The van der Waals surface area contributed by atoms with E-state index < -0.39 is 0 Å². The van der Waals surface area contributed by atoms with E-state index in [-0.39, 0.29) is 11.5 Å². The van der Waals surface area contributed by atoms with Crippen LogP contribution in [-0.2, 0) is 11.3 Å². The Labute approximate surface area is 102 Å². The molecule has 1 atom stereocenters. The van der Waals surface area contributed by atoms with Gasteiger partial charge in [0.05, 0.1) is 12.7 Å². The Morgan fingerprint density at radius 2 is 2.12 bits per heavy atom. The summed E-state index contributed by atoms with van der Waals surface area (Å²) in [5.41, 5.74) is 0.0506. The van der Waals surface area contributed by atoms with Gasteiger partial charge in [-0.3, -0.25) is 9.69 Å². The van der Waals surface area contributed by atoms with Crippen molar-refractivity contribution in [3.63, 3.8) is 0 Å². The van der Waals surface area contributed by atoms with Crippen LogP contribution in [0.25, 0.3) is 0 Å². The topological polar surface area (TPSA) is 34.5 Å². The Hall–Kier alpha value is -1.13. The van der Waals surface area contributed by atoms with Gasteiger partial charge < -0.3 is 9.30 Å². The molecule has 1 aromatic rings. The molecule has 2 rings (SSSR count). The zero-order chi connectivity index (χ0) is 12.3. The fourth-order valence-electron chi connectivity index (χ4n) is 2.12. The van der Waals surface area contributed by atoms with Gasteiger partial charge in [-0.1, -0.05) is 0 Å². The van der Waals surface area contributed by atoms with Gasteiger partial charge in [0.15, 0.2) is 5.43 Å². The van der Waals surface area contributed by atoms with Gasteiger partial charge in [-0.25, -0.2) is 0 Å². The predicted molar refractivity (Wildman–Crippen MR) is 67.2 cm³/mol. The lowest BCUT2D eigenvalue weighted by Gasteiger charge is -2.35. The van der Waals surface area contributed by atoms with Crippen LogP contribution in [0.4, 0.5) is 0 Å². The van der Waals surface area contributed by atoms with Crippen molar-refractivity contribution in [3.8, 4) is 0 Å². The SMILES string of the molecule is CC(C)N1CCOC(Cn2ccc(=O)cc2)C1. The first kappa shape index (κ1) is 12.3. The highest BCUT2D eigenvalue weighted by Gasteiger charge is 2.21. The van der Waals surface area contributed by atoms with Crippen LogP contribution in [0.15, 0.2) is 29.3 Å². The van der Waals surface area contributed by atoms with Crippen molar-refractivity contribution >= 4 is 0 Å². The molecule has 0 spiro atoms. The molecule has 4 heteroatoms. The Kier molecular flexibility index (Phi) is 3.97. The standard InChI is InChI=1S/C13H20N2O2/c1-11(2)15-7-8-17-13(10-15)9-14-5-3-12(16)4-6-14/h3-6,11,13H,7-10H2,1-2H3. The van der Waals surface area contributed by atoms with Crippen molar-refractivity contribution in [1.29, 1.82) is 0 Å². The summed E-state index contributed by atoms with van der Waals surface area (Å²) < 4.78 is 7.76. The molecule has 0 saturated carbocycles. The molecule has 1 aliphatic heterocycles. The lowest BCUT2D eigenvalue weighted by atomic mass is 10.2. The van der Waals surface area contributed by atoms with Crippen LogP contribution in [0.2, 0.25) is 0 Å². The zero-order valence-corrected chi connectivity index (χ0v) is 10.5. The van der Waals surface area contributed by atoms with E-state index >= 15 is 0 Å². The van der Waals surface area contributed by atoms with E-state index in [1.165, 1.54) is 0 Å². The fraction of sp³-hybridized carbons (Fsp3) is 0.615. The molecule has 1 fully saturated rings. The molecular formula is C13H20N2O2. The van der Waals surface area contributed by atoms with Crippen LogP contribution in [0.1, 0.15) is 13.8 Å². The summed E-state index contributed by atoms with van der Waals surface area (Å²) >= 11 is 0. The van der Waals surface area contributed by atoms with Crippen molar-refractivity contribution in [3.05, 3.63) is 34.7 Å². The van der Waals surface area contributed by atoms with E-state index in [4.69, 9.17) is 4.74 Å². The molecule has 0 N–H and O–H groups in total. The van der Waals surface area contributed by atoms with Crippen molar-refractivity contribution in [2.45, 2.75) is 32.5 Å². The molecule has 2 heterocycles. The third-order valence-corrected chi connectivity index (χ3v) is 3.18. The van der Waals surface area contributed by atoms with Crippen molar-refractivity contribution in [2.24, 2.45) is 0 Å². The first-order valence-corrected chi connectivity index (χ1v) is 6.17. The van der Waals surface area contributed by atoms with Crippen LogP contribution >= 0.6 is 0 Å². The zero-order valence-electron chi connectivity index (χ0n) is 10.5. The van der Waals surface area contributed by atoms with Gasteiger partial charge in [-0.15, -0.1) is 0 Å². The fourth-order valence-corrected chi connectivity index (χ4v) is 2.12. The molecule has 0 bridgehead atoms. The molecule has 0 amide bonds. The second kappa shape index (κ2) is 5.47. The number of aromatic nitrogens is 1. The maximum Gasteiger partial charge on any atom is 0.181 e. The summed E-state index contributed by atoms with van der Waals surface area (Å²) in [5.74, 6) is 0. The molecule has 1 unspecified atom stereocenters. The van der Waals surface area contributed by atoms with Gasteiger partial charge in [0.2, 0.25) is 0 Å². The average Bonchev–Trinajstić information content (AvgIpc) is 2.32. The molecular weight excluding hydrogens is 216 g/mol. The number of pyridine rings is 1. The normalized spacial score (nSPS) is 21.9. The maximum atomic E-state index is 11.0. The van der Waals surface area contributed by atoms with Crippen LogP contribution in [-0.4, -0.2) is 41.3 Å². The number of rotatable bonds is 3. The number of hydrogen-bond donors (Lipinski definition) is 0. The second-order valence-corrected chi connectivity index (χ2v) is 4.81. The van der Waals surface area contributed by atoms with Crippen molar-refractivity contribution in [1.82, 2.24) is 9.47 Å². The molecule has 4 nitrogen and oxygen atoms in total. The predicted octanol–water partition coefficient (Wildman–Crippen LogP) is 0.957. The Balaban J connectivity index is 1.94. The van der Waals surface area contributed by atoms with E-state index in [0.29, 0.717) is 6.04 Å². The number of morpholine rings is 1. The Morgan fingerprint density at radius 1 is 1.41 bits per heavy atom. The summed E-state index contributed by atoms with van der Waals surface area (Å²) in [6.45, 7) is 8.00. The number of ether oxygens (including phenoxy) is 1. The molecule has 94 valence electrons. The third-order valence-electron chi connectivity index (χ3n) is 3.18. The van der Waals surface area contributed by atoms with E-state index in [9.17, 15) is 4.79 Å². The minimum atomic E-state index is 0.0506. The minimum Gasteiger partial charge on any atom is -0.374 e. The van der Waals surface area contributed by atoms with Gasteiger partial charge in [0.1, 0.15) is 0 Å². The summed E-state index contributed by atoms with van der Waals surface area (Å²) in [6.07, 6.45) is 3.86. The molecule has 1 aliphatic rings. The van der Waals surface area contributed by atoms with Gasteiger partial charge in [0.25, 0.3) is 0 Å². The molecule has 0 aromatic carbocycles. The molecule has 0 aliphatic carbocycles. The number of hydrogen-bond acceptors (Lipinski definition) is 3. The molecule has 0 radical (unpaired) electrons. The largest absolute Gasteiger partial charge is 0.374 e. The molecule has 1 aromatic heterocycles. The highest BCUT2D eigenvalue weighted by Crippen LogP contribution is 2.10. The molecule has 17 heavy (non-hydrogen) atoms. The summed E-state index contributed by atoms with van der Waals surface area (Å²) in [4.78, 5) is 13.4. The highest BCUT2D eigenvalue weighted by atomic mass is 16.5. The second-order valence-electron chi connectivity index (χ2n) is 4.81. The lowest BCUT2D eigenvalue weighted by Crippen LogP contribution is -2.47. The third kappa shape index (κ3) is 3.41. The van der Waals surface area contributed by atoms with Crippen LogP contribution in [0.3, 0.4) is 0 Å². The Morgan fingerprint density at radius 3 is 2.76 bits per heavy atom. The van der Waals surface area contributed by atoms with Crippen LogP contribution in [0.5, 0.6) is 0 Å². The van der Waals surface area contributed by atoms with Gasteiger partial charge in [0, 0.05) is 50.2 Å².